The molecule has 3 nitrogen and oxygen atoms in total. The second kappa shape index (κ2) is 6.36. The van der Waals surface area contributed by atoms with Crippen molar-refractivity contribution in [3.8, 4) is 0 Å². The van der Waals surface area contributed by atoms with Crippen molar-refractivity contribution in [1.82, 2.24) is 9.80 Å². The van der Waals surface area contributed by atoms with Gasteiger partial charge in [-0.3, -0.25) is 9.80 Å². The van der Waals surface area contributed by atoms with E-state index in [9.17, 15) is 0 Å². The molecule has 1 aliphatic carbocycles. The summed E-state index contributed by atoms with van der Waals surface area (Å²) in [5.41, 5.74) is 0. The number of nitrogens with zero attached hydrogens (tertiary/aromatic N) is 2. The zero-order chi connectivity index (χ0) is 12.2. The molecule has 2 saturated heterocycles. The average Bonchev–Trinajstić information content (AvgIpc) is 2.95. The van der Waals surface area contributed by atoms with E-state index in [1.807, 2.05) is 0 Å². The van der Waals surface area contributed by atoms with Crippen LogP contribution in [0.1, 0.15) is 44.9 Å². The van der Waals surface area contributed by atoms with E-state index < -0.39 is 0 Å². The first kappa shape index (κ1) is 12.9. The zero-order valence-electron chi connectivity index (χ0n) is 11.6. The standard InChI is InChI=1S/C15H28N2O/c1-2-6-14(5-1)17-10-8-16(9-11-17)13-15-7-3-4-12-18-15/h14-15H,1-13H2. The molecule has 1 unspecified atom stereocenters. The first-order valence-electron chi connectivity index (χ1n) is 8.00. The van der Waals surface area contributed by atoms with Crippen molar-refractivity contribution in [2.75, 3.05) is 39.3 Å². The molecule has 3 aliphatic rings. The van der Waals surface area contributed by atoms with E-state index in [0.717, 1.165) is 12.6 Å². The van der Waals surface area contributed by atoms with Gasteiger partial charge in [0, 0.05) is 45.4 Å². The Morgan fingerprint density at radius 3 is 2.22 bits per heavy atom. The van der Waals surface area contributed by atoms with Crippen LogP contribution in [0.25, 0.3) is 0 Å². The normalized spacial score (nSPS) is 33.0. The number of hydrogen-bond acceptors (Lipinski definition) is 3. The predicted octanol–water partition coefficient (Wildman–Crippen LogP) is 2.12. The molecule has 0 aromatic carbocycles. The number of rotatable bonds is 3. The smallest absolute Gasteiger partial charge is 0.0702 e. The molecule has 2 aliphatic heterocycles. The van der Waals surface area contributed by atoms with E-state index in [0.29, 0.717) is 6.10 Å². The minimum atomic E-state index is 0.525. The van der Waals surface area contributed by atoms with Crippen LogP contribution in [0.15, 0.2) is 0 Å². The first-order valence-corrected chi connectivity index (χ1v) is 8.00. The Kier molecular flexibility index (Phi) is 4.55. The molecular formula is C15H28N2O. The summed E-state index contributed by atoms with van der Waals surface area (Å²) in [5.74, 6) is 0. The highest BCUT2D eigenvalue weighted by Crippen LogP contribution is 2.24. The van der Waals surface area contributed by atoms with E-state index in [1.54, 1.807) is 0 Å². The summed E-state index contributed by atoms with van der Waals surface area (Å²) in [4.78, 5) is 5.37. The van der Waals surface area contributed by atoms with Crippen LogP contribution in [0, 0.1) is 0 Å². The lowest BCUT2D eigenvalue weighted by atomic mass is 10.1. The van der Waals surface area contributed by atoms with Gasteiger partial charge in [-0.1, -0.05) is 12.8 Å². The first-order chi connectivity index (χ1) is 8.92. The second-order valence-electron chi connectivity index (χ2n) is 6.26. The monoisotopic (exact) mass is 252 g/mol. The summed E-state index contributed by atoms with van der Waals surface area (Å²) in [6.07, 6.45) is 10.3. The lowest BCUT2D eigenvalue weighted by Crippen LogP contribution is -2.51. The van der Waals surface area contributed by atoms with Crippen molar-refractivity contribution in [2.45, 2.75) is 57.1 Å². The Balaban J connectivity index is 1.39. The summed E-state index contributed by atoms with van der Waals surface area (Å²) >= 11 is 0. The maximum absolute atomic E-state index is 5.85. The molecule has 18 heavy (non-hydrogen) atoms. The SMILES string of the molecule is C1CCC(CN2CCN(C3CCCC3)CC2)OC1. The third-order valence-electron chi connectivity index (χ3n) is 4.98. The largest absolute Gasteiger partial charge is 0.377 e. The van der Waals surface area contributed by atoms with Gasteiger partial charge in [0.1, 0.15) is 0 Å². The van der Waals surface area contributed by atoms with Gasteiger partial charge in [0.15, 0.2) is 0 Å². The van der Waals surface area contributed by atoms with Gasteiger partial charge in [-0.15, -0.1) is 0 Å². The van der Waals surface area contributed by atoms with Gasteiger partial charge >= 0.3 is 0 Å². The maximum atomic E-state index is 5.85. The van der Waals surface area contributed by atoms with Gasteiger partial charge in [-0.25, -0.2) is 0 Å². The Labute approximate surface area is 111 Å². The molecule has 0 amide bonds. The van der Waals surface area contributed by atoms with E-state index in [4.69, 9.17) is 4.74 Å². The number of piperazine rings is 1. The molecule has 0 aromatic heterocycles. The lowest BCUT2D eigenvalue weighted by Gasteiger charge is -2.39. The van der Waals surface area contributed by atoms with Gasteiger partial charge in [-0.2, -0.15) is 0 Å². The van der Waals surface area contributed by atoms with E-state index in [1.165, 1.54) is 77.7 Å². The van der Waals surface area contributed by atoms with Crippen molar-refractivity contribution >= 4 is 0 Å². The van der Waals surface area contributed by atoms with Crippen LogP contribution in [-0.2, 0) is 4.74 Å². The third-order valence-corrected chi connectivity index (χ3v) is 4.98. The maximum Gasteiger partial charge on any atom is 0.0702 e. The molecule has 1 saturated carbocycles. The van der Waals surface area contributed by atoms with Gasteiger partial charge in [0.05, 0.1) is 6.10 Å². The van der Waals surface area contributed by atoms with E-state index in [2.05, 4.69) is 9.80 Å². The molecule has 3 fully saturated rings. The van der Waals surface area contributed by atoms with E-state index in [-0.39, 0.29) is 0 Å². The Morgan fingerprint density at radius 2 is 1.56 bits per heavy atom. The molecule has 1 atom stereocenters. The highest BCUT2D eigenvalue weighted by Gasteiger charge is 2.27. The number of ether oxygens (including phenoxy) is 1. The highest BCUT2D eigenvalue weighted by atomic mass is 16.5. The topological polar surface area (TPSA) is 15.7 Å². The Morgan fingerprint density at radius 1 is 0.833 bits per heavy atom. The Bertz CT molecular complexity index is 239. The van der Waals surface area contributed by atoms with Crippen LogP contribution < -0.4 is 0 Å². The predicted molar refractivity (Wildman–Crippen MR) is 73.9 cm³/mol. The molecule has 0 bridgehead atoms. The highest BCUT2D eigenvalue weighted by molar-refractivity contribution is 4.83. The summed E-state index contributed by atoms with van der Waals surface area (Å²) < 4.78 is 5.85. The zero-order valence-corrected chi connectivity index (χ0v) is 11.6. The van der Waals surface area contributed by atoms with Crippen molar-refractivity contribution in [3.63, 3.8) is 0 Å². The van der Waals surface area contributed by atoms with Gasteiger partial charge in [-0.05, 0) is 32.1 Å². The average molecular weight is 252 g/mol. The fraction of sp³-hybridized carbons (Fsp3) is 1.00. The minimum Gasteiger partial charge on any atom is -0.377 e. The summed E-state index contributed by atoms with van der Waals surface area (Å²) in [6, 6.07) is 0.915. The molecule has 2 heterocycles. The van der Waals surface area contributed by atoms with Crippen LogP contribution in [-0.4, -0.2) is 61.3 Å². The molecule has 0 aromatic rings. The van der Waals surface area contributed by atoms with Crippen molar-refractivity contribution in [1.29, 1.82) is 0 Å². The lowest BCUT2D eigenvalue weighted by molar-refractivity contribution is -0.0168. The molecule has 104 valence electrons. The summed E-state index contributed by atoms with van der Waals surface area (Å²) in [6.45, 7) is 7.27. The molecular weight excluding hydrogens is 224 g/mol. The Hall–Kier alpha value is -0.120. The van der Waals surface area contributed by atoms with Crippen molar-refractivity contribution in [3.05, 3.63) is 0 Å². The summed E-state index contributed by atoms with van der Waals surface area (Å²) in [5, 5.41) is 0. The quantitative estimate of drug-likeness (QED) is 0.765. The molecule has 0 radical (unpaired) electrons. The van der Waals surface area contributed by atoms with Crippen LogP contribution in [0.4, 0.5) is 0 Å². The van der Waals surface area contributed by atoms with Crippen LogP contribution >= 0.6 is 0 Å². The molecule has 0 spiro atoms. The second-order valence-corrected chi connectivity index (χ2v) is 6.26. The summed E-state index contributed by atoms with van der Waals surface area (Å²) in [7, 11) is 0. The number of hydrogen-bond donors (Lipinski definition) is 0. The van der Waals surface area contributed by atoms with Crippen LogP contribution in [0.3, 0.4) is 0 Å². The third kappa shape index (κ3) is 3.25. The molecule has 3 heteroatoms. The van der Waals surface area contributed by atoms with Crippen LogP contribution in [0.2, 0.25) is 0 Å². The van der Waals surface area contributed by atoms with Gasteiger partial charge in [0.2, 0.25) is 0 Å². The van der Waals surface area contributed by atoms with Gasteiger partial charge < -0.3 is 4.74 Å². The van der Waals surface area contributed by atoms with E-state index >= 15 is 0 Å². The molecule has 0 N–H and O–H groups in total. The van der Waals surface area contributed by atoms with Crippen LogP contribution in [0.5, 0.6) is 0 Å². The molecule has 3 rings (SSSR count). The fourth-order valence-electron chi connectivity index (χ4n) is 3.82. The minimum absolute atomic E-state index is 0.525. The fourth-order valence-corrected chi connectivity index (χ4v) is 3.82. The van der Waals surface area contributed by atoms with Crippen molar-refractivity contribution in [2.24, 2.45) is 0 Å². The van der Waals surface area contributed by atoms with Gasteiger partial charge in [0.25, 0.3) is 0 Å². The van der Waals surface area contributed by atoms with Crippen molar-refractivity contribution < 1.29 is 4.74 Å².